The van der Waals surface area contributed by atoms with Crippen molar-refractivity contribution in [3.8, 4) is 0 Å². The van der Waals surface area contributed by atoms with E-state index in [9.17, 15) is 0 Å². The number of guanidine groups is 1. The van der Waals surface area contributed by atoms with Gasteiger partial charge in [0.25, 0.3) is 0 Å². The van der Waals surface area contributed by atoms with Crippen molar-refractivity contribution >= 4 is 41.7 Å². The summed E-state index contributed by atoms with van der Waals surface area (Å²) in [7, 11) is 0. The van der Waals surface area contributed by atoms with Crippen LogP contribution in [0.3, 0.4) is 0 Å². The Morgan fingerprint density at radius 1 is 1.21 bits per heavy atom. The summed E-state index contributed by atoms with van der Waals surface area (Å²) in [6.07, 6.45) is 7.72. The van der Waals surface area contributed by atoms with Gasteiger partial charge in [0.1, 0.15) is 0 Å². The van der Waals surface area contributed by atoms with Gasteiger partial charge in [-0.05, 0) is 24.3 Å². The number of aliphatic imine (C=N–C) groups is 1. The first-order valence-corrected chi connectivity index (χ1v) is 9.26. The highest BCUT2D eigenvalue weighted by atomic mass is 127. The molecule has 0 bridgehead atoms. The maximum Gasteiger partial charge on any atom is 0.191 e. The molecule has 5 nitrogen and oxygen atoms in total. The largest absolute Gasteiger partial charge is 0.357 e. The van der Waals surface area contributed by atoms with Gasteiger partial charge in [-0.1, -0.05) is 24.3 Å². The summed E-state index contributed by atoms with van der Waals surface area (Å²) in [6.45, 7) is 5.41. The lowest BCUT2D eigenvalue weighted by Crippen LogP contribution is -2.38. The molecule has 0 aliphatic heterocycles. The number of imidazole rings is 1. The second-order valence-electron chi connectivity index (χ2n) is 5.17. The Morgan fingerprint density at radius 3 is 2.58 bits per heavy atom. The molecule has 24 heavy (non-hydrogen) atoms. The molecule has 2 rings (SSSR count). The Hall–Kier alpha value is -1.22. The number of halogens is 1. The first kappa shape index (κ1) is 20.8. The molecule has 1 aromatic heterocycles. The predicted octanol–water partition coefficient (Wildman–Crippen LogP) is 2.97. The predicted molar refractivity (Wildman–Crippen MR) is 114 cm³/mol. The van der Waals surface area contributed by atoms with E-state index >= 15 is 0 Å². The van der Waals surface area contributed by atoms with Crippen LogP contribution >= 0.6 is 35.7 Å². The zero-order valence-corrected chi connectivity index (χ0v) is 17.4. The van der Waals surface area contributed by atoms with Gasteiger partial charge in [-0.3, -0.25) is 0 Å². The molecule has 132 valence electrons. The van der Waals surface area contributed by atoms with Gasteiger partial charge < -0.3 is 15.2 Å². The lowest BCUT2D eigenvalue weighted by molar-refractivity contribution is 0.796. The monoisotopic (exact) mass is 459 g/mol. The Balaban J connectivity index is 0.00000288. The molecule has 1 heterocycles. The van der Waals surface area contributed by atoms with Crippen molar-refractivity contribution in [1.82, 2.24) is 20.2 Å². The zero-order valence-electron chi connectivity index (χ0n) is 14.2. The molecule has 2 N–H and O–H groups in total. The Morgan fingerprint density at radius 2 is 1.96 bits per heavy atom. The van der Waals surface area contributed by atoms with Crippen LogP contribution < -0.4 is 10.6 Å². The molecule has 0 spiro atoms. The smallest absolute Gasteiger partial charge is 0.191 e. The Bertz CT molecular complexity index is 584. The lowest BCUT2D eigenvalue weighted by Gasteiger charge is -2.10. The highest BCUT2D eigenvalue weighted by Crippen LogP contribution is 2.07. The van der Waals surface area contributed by atoms with Crippen molar-refractivity contribution in [1.29, 1.82) is 0 Å². The van der Waals surface area contributed by atoms with Crippen LogP contribution in [-0.2, 0) is 13.1 Å². The summed E-state index contributed by atoms with van der Waals surface area (Å²) in [5, 5.41) is 6.61. The number of rotatable bonds is 8. The van der Waals surface area contributed by atoms with Gasteiger partial charge in [0, 0.05) is 37.8 Å². The third-order valence-corrected chi connectivity index (χ3v) is 3.92. The molecule has 7 heteroatoms. The molecule has 0 saturated heterocycles. The third kappa shape index (κ3) is 7.57. The summed E-state index contributed by atoms with van der Waals surface area (Å²) in [5.74, 6) is 1.96. The standard InChI is InChI=1S/C17H25N5S.HI/c1-3-19-17(20-9-11-23-2)21-12-15-4-6-16(7-5-15)13-22-10-8-18-14-22;/h4-8,10,14H,3,9,11-13H2,1-2H3,(H2,19,20,21);1H. The number of aromatic nitrogens is 2. The van der Waals surface area contributed by atoms with Crippen LogP contribution in [0.5, 0.6) is 0 Å². The molecular weight excluding hydrogens is 433 g/mol. The number of hydrogen-bond acceptors (Lipinski definition) is 3. The van der Waals surface area contributed by atoms with Crippen LogP contribution in [0.4, 0.5) is 0 Å². The first-order valence-electron chi connectivity index (χ1n) is 7.86. The van der Waals surface area contributed by atoms with Crippen molar-refractivity contribution in [3.63, 3.8) is 0 Å². The zero-order chi connectivity index (χ0) is 16.3. The SMILES string of the molecule is CCNC(=NCc1ccc(Cn2ccnc2)cc1)NCCSC.I. The molecule has 0 amide bonds. The van der Waals surface area contributed by atoms with Gasteiger partial charge >= 0.3 is 0 Å². The Labute approximate surface area is 165 Å². The van der Waals surface area contributed by atoms with Crippen molar-refractivity contribution < 1.29 is 0 Å². The fourth-order valence-corrected chi connectivity index (χ4v) is 2.43. The molecule has 0 atom stereocenters. The molecule has 0 unspecified atom stereocenters. The highest BCUT2D eigenvalue weighted by Gasteiger charge is 1.99. The van der Waals surface area contributed by atoms with E-state index in [1.807, 2.05) is 24.3 Å². The lowest BCUT2D eigenvalue weighted by atomic mass is 10.1. The van der Waals surface area contributed by atoms with E-state index < -0.39 is 0 Å². The van der Waals surface area contributed by atoms with Crippen LogP contribution in [0.15, 0.2) is 48.0 Å². The van der Waals surface area contributed by atoms with Crippen LogP contribution in [0, 0.1) is 0 Å². The minimum atomic E-state index is 0. The number of hydrogen-bond donors (Lipinski definition) is 2. The maximum atomic E-state index is 4.63. The molecular formula is C17H26IN5S. The quantitative estimate of drug-likeness (QED) is 0.276. The second-order valence-corrected chi connectivity index (χ2v) is 6.15. The van der Waals surface area contributed by atoms with Gasteiger partial charge in [0.2, 0.25) is 0 Å². The van der Waals surface area contributed by atoms with Gasteiger partial charge in [0.15, 0.2) is 5.96 Å². The summed E-state index contributed by atoms with van der Waals surface area (Å²) in [4.78, 5) is 8.69. The molecule has 0 fully saturated rings. The topological polar surface area (TPSA) is 54.2 Å². The van der Waals surface area contributed by atoms with Crippen LogP contribution in [0.1, 0.15) is 18.1 Å². The number of thioether (sulfide) groups is 1. The normalized spacial score (nSPS) is 11.0. The van der Waals surface area contributed by atoms with E-state index in [1.54, 1.807) is 6.20 Å². The van der Waals surface area contributed by atoms with E-state index in [-0.39, 0.29) is 24.0 Å². The van der Waals surface area contributed by atoms with Crippen LogP contribution in [0.25, 0.3) is 0 Å². The summed E-state index contributed by atoms with van der Waals surface area (Å²) in [5.41, 5.74) is 2.47. The van der Waals surface area contributed by atoms with Crippen molar-refractivity contribution in [2.45, 2.75) is 20.0 Å². The van der Waals surface area contributed by atoms with E-state index in [1.165, 1.54) is 11.1 Å². The Kier molecular flexibility index (Phi) is 10.6. The fraction of sp³-hybridized carbons (Fsp3) is 0.412. The summed E-state index contributed by atoms with van der Waals surface area (Å²) in [6, 6.07) is 8.58. The van der Waals surface area contributed by atoms with Crippen molar-refractivity contribution in [2.75, 3.05) is 25.1 Å². The number of nitrogens with zero attached hydrogens (tertiary/aromatic N) is 3. The van der Waals surface area contributed by atoms with Crippen molar-refractivity contribution in [2.24, 2.45) is 4.99 Å². The molecule has 0 aliphatic rings. The van der Waals surface area contributed by atoms with Crippen LogP contribution in [0.2, 0.25) is 0 Å². The highest BCUT2D eigenvalue weighted by molar-refractivity contribution is 14.0. The molecule has 0 radical (unpaired) electrons. The number of benzene rings is 1. The van der Waals surface area contributed by atoms with Gasteiger partial charge in [-0.15, -0.1) is 24.0 Å². The molecule has 0 aliphatic carbocycles. The van der Waals surface area contributed by atoms with E-state index in [0.29, 0.717) is 6.54 Å². The molecule has 1 aromatic carbocycles. The fourth-order valence-electron chi connectivity index (χ4n) is 2.12. The van der Waals surface area contributed by atoms with Gasteiger partial charge in [0.05, 0.1) is 12.9 Å². The third-order valence-electron chi connectivity index (χ3n) is 3.31. The minimum Gasteiger partial charge on any atom is -0.357 e. The number of nitrogens with one attached hydrogen (secondary N) is 2. The van der Waals surface area contributed by atoms with E-state index in [2.05, 4.69) is 62.6 Å². The van der Waals surface area contributed by atoms with Crippen LogP contribution in [-0.4, -0.2) is 40.6 Å². The van der Waals surface area contributed by atoms with E-state index in [4.69, 9.17) is 0 Å². The van der Waals surface area contributed by atoms with Crippen molar-refractivity contribution in [3.05, 3.63) is 54.1 Å². The second kappa shape index (κ2) is 12.2. The summed E-state index contributed by atoms with van der Waals surface area (Å²) < 4.78 is 2.06. The minimum absolute atomic E-state index is 0. The first-order chi connectivity index (χ1) is 11.3. The summed E-state index contributed by atoms with van der Waals surface area (Å²) >= 11 is 1.83. The average molecular weight is 459 g/mol. The molecule has 0 saturated carbocycles. The van der Waals surface area contributed by atoms with Gasteiger partial charge in [-0.2, -0.15) is 11.8 Å². The molecule has 2 aromatic rings. The van der Waals surface area contributed by atoms with Gasteiger partial charge in [-0.25, -0.2) is 9.98 Å². The van der Waals surface area contributed by atoms with E-state index in [0.717, 1.165) is 31.3 Å². The maximum absolute atomic E-state index is 4.63. The average Bonchev–Trinajstić information content (AvgIpc) is 3.07.